The number of ether oxygens (including phenoxy) is 1. The summed E-state index contributed by atoms with van der Waals surface area (Å²) in [5.41, 5.74) is 0.0982. The molecule has 94 valence electrons. The van der Waals surface area contributed by atoms with E-state index in [-0.39, 0.29) is 27.6 Å². The molecule has 0 aliphatic carbocycles. The lowest BCUT2D eigenvalue weighted by Crippen LogP contribution is -2.14. The van der Waals surface area contributed by atoms with Gasteiger partial charge < -0.3 is 4.74 Å². The molecule has 0 radical (unpaired) electrons. The fourth-order valence-electron chi connectivity index (χ4n) is 1.24. The van der Waals surface area contributed by atoms with E-state index < -0.39 is 5.82 Å². The van der Waals surface area contributed by atoms with Gasteiger partial charge >= 0.3 is 0 Å². The quantitative estimate of drug-likeness (QED) is 0.771. The van der Waals surface area contributed by atoms with Crippen LogP contribution in [0, 0.1) is 5.82 Å². The van der Waals surface area contributed by atoms with Crippen molar-refractivity contribution in [3.63, 3.8) is 0 Å². The van der Waals surface area contributed by atoms with Gasteiger partial charge in [0.1, 0.15) is 0 Å². The molecule has 2 nitrogen and oxygen atoms in total. The zero-order valence-corrected chi connectivity index (χ0v) is 11.4. The van der Waals surface area contributed by atoms with Gasteiger partial charge in [-0.25, -0.2) is 4.39 Å². The van der Waals surface area contributed by atoms with E-state index in [9.17, 15) is 9.18 Å². The van der Waals surface area contributed by atoms with Gasteiger partial charge in [0, 0.05) is 4.75 Å². The molecule has 0 saturated carbocycles. The molecule has 1 rings (SSSR count). The third kappa shape index (κ3) is 4.04. The zero-order chi connectivity index (χ0) is 13.1. The first-order chi connectivity index (χ1) is 7.85. The number of methoxy groups -OCH3 is 1. The number of hydrogen-bond acceptors (Lipinski definition) is 3. The number of ketones is 1. The van der Waals surface area contributed by atoms with Crippen LogP contribution in [0.15, 0.2) is 18.2 Å². The molecule has 0 N–H and O–H groups in total. The van der Waals surface area contributed by atoms with Crippen molar-refractivity contribution in [1.82, 2.24) is 0 Å². The number of hydrogen-bond donors (Lipinski definition) is 0. The first kappa shape index (κ1) is 14.0. The lowest BCUT2D eigenvalue weighted by molar-refractivity contribution is 0.101. The minimum atomic E-state index is -0.575. The number of carbonyl (C=O) groups is 1. The summed E-state index contributed by atoms with van der Waals surface area (Å²) < 4.78 is 18.6. The van der Waals surface area contributed by atoms with Crippen LogP contribution in [0.2, 0.25) is 0 Å². The summed E-state index contributed by atoms with van der Waals surface area (Å²) in [6.07, 6.45) is 0. The lowest BCUT2D eigenvalue weighted by Gasteiger charge is -2.17. The SMILES string of the molecule is COc1cccc(C(=O)CSC(C)(C)C)c1F. The number of thioether (sulfide) groups is 1. The van der Waals surface area contributed by atoms with Gasteiger partial charge in [-0.3, -0.25) is 4.79 Å². The van der Waals surface area contributed by atoms with Crippen LogP contribution in [0.1, 0.15) is 31.1 Å². The number of Topliss-reactive ketones (excluding diaryl/α,β-unsaturated/α-hetero) is 1. The zero-order valence-electron chi connectivity index (χ0n) is 10.5. The van der Waals surface area contributed by atoms with E-state index in [4.69, 9.17) is 4.74 Å². The van der Waals surface area contributed by atoms with Gasteiger partial charge in [0.25, 0.3) is 0 Å². The van der Waals surface area contributed by atoms with Gasteiger partial charge in [-0.2, -0.15) is 0 Å². The topological polar surface area (TPSA) is 26.3 Å². The second kappa shape index (κ2) is 5.54. The molecule has 0 bridgehead atoms. The summed E-state index contributed by atoms with van der Waals surface area (Å²) >= 11 is 1.50. The third-order valence-electron chi connectivity index (χ3n) is 2.12. The maximum Gasteiger partial charge on any atom is 0.175 e. The smallest absolute Gasteiger partial charge is 0.175 e. The molecule has 17 heavy (non-hydrogen) atoms. The van der Waals surface area contributed by atoms with Crippen molar-refractivity contribution in [2.45, 2.75) is 25.5 Å². The van der Waals surface area contributed by atoms with Gasteiger partial charge in [-0.15, -0.1) is 11.8 Å². The van der Waals surface area contributed by atoms with E-state index in [1.807, 2.05) is 20.8 Å². The fraction of sp³-hybridized carbons (Fsp3) is 0.462. The van der Waals surface area contributed by atoms with E-state index >= 15 is 0 Å². The van der Waals surface area contributed by atoms with Crippen LogP contribution < -0.4 is 4.74 Å². The average molecular weight is 256 g/mol. The van der Waals surface area contributed by atoms with Crippen molar-refractivity contribution in [3.8, 4) is 5.75 Å². The summed E-state index contributed by atoms with van der Waals surface area (Å²) in [5, 5.41) is 0. The number of rotatable bonds is 4. The second-order valence-corrected chi connectivity index (χ2v) is 6.45. The molecule has 1 aromatic rings. The predicted octanol–water partition coefficient (Wildman–Crippen LogP) is 3.55. The standard InChI is InChI=1S/C13H17FO2S/c1-13(2,3)17-8-10(15)9-6-5-7-11(16-4)12(9)14/h5-7H,8H2,1-4H3. The summed E-state index contributed by atoms with van der Waals surface area (Å²) in [4.78, 5) is 11.9. The third-order valence-corrected chi connectivity index (χ3v) is 3.39. The molecular formula is C13H17FO2S. The van der Waals surface area contributed by atoms with Crippen LogP contribution in [0.4, 0.5) is 4.39 Å². The van der Waals surface area contributed by atoms with Crippen LogP contribution in [-0.2, 0) is 0 Å². The Balaban J connectivity index is 2.83. The van der Waals surface area contributed by atoms with E-state index in [2.05, 4.69) is 0 Å². The molecule has 0 unspecified atom stereocenters. The van der Waals surface area contributed by atoms with Gasteiger partial charge in [0.2, 0.25) is 0 Å². The first-order valence-electron chi connectivity index (χ1n) is 5.35. The molecule has 0 heterocycles. The van der Waals surface area contributed by atoms with E-state index in [1.165, 1.54) is 31.0 Å². The molecule has 0 fully saturated rings. The molecule has 0 atom stereocenters. The largest absolute Gasteiger partial charge is 0.494 e. The molecule has 0 amide bonds. The Morgan fingerprint density at radius 1 is 1.41 bits per heavy atom. The van der Waals surface area contributed by atoms with Crippen molar-refractivity contribution in [2.24, 2.45) is 0 Å². The Labute approximate surface area is 106 Å². The Morgan fingerprint density at radius 2 is 2.06 bits per heavy atom. The molecule has 4 heteroatoms. The van der Waals surface area contributed by atoms with Crippen molar-refractivity contribution in [1.29, 1.82) is 0 Å². The Morgan fingerprint density at radius 3 is 2.59 bits per heavy atom. The minimum absolute atomic E-state index is 0.00893. The molecule has 0 aliphatic rings. The molecular weight excluding hydrogens is 239 g/mol. The number of halogens is 1. The molecule has 0 aromatic heterocycles. The van der Waals surface area contributed by atoms with Gasteiger partial charge in [0.05, 0.1) is 18.4 Å². The van der Waals surface area contributed by atoms with Crippen LogP contribution in [0.25, 0.3) is 0 Å². The van der Waals surface area contributed by atoms with Gasteiger partial charge in [0.15, 0.2) is 17.3 Å². The molecule has 0 saturated heterocycles. The maximum absolute atomic E-state index is 13.8. The highest BCUT2D eigenvalue weighted by Gasteiger charge is 2.18. The number of benzene rings is 1. The van der Waals surface area contributed by atoms with Crippen LogP contribution in [0.5, 0.6) is 5.75 Å². The van der Waals surface area contributed by atoms with Crippen LogP contribution >= 0.6 is 11.8 Å². The summed E-state index contributed by atoms with van der Waals surface area (Å²) in [5.74, 6) is -0.402. The second-order valence-electron chi connectivity index (χ2n) is 4.65. The van der Waals surface area contributed by atoms with Crippen molar-refractivity contribution in [2.75, 3.05) is 12.9 Å². The minimum Gasteiger partial charge on any atom is -0.494 e. The molecule has 0 spiro atoms. The van der Waals surface area contributed by atoms with Crippen molar-refractivity contribution >= 4 is 17.5 Å². The average Bonchev–Trinajstić information content (AvgIpc) is 2.25. The van der Waals surface area contributed by atoms with Gasteiger partial charge in [-0.05, 0) is 12.1 Å². The Bertz CT molecular complexity index is 410. The van der Waals surface area contributed by atoms with Crippen molar-refractivity contribution in [3.05, 3.63) is 29.6 Å². The highest BCUT2D eigenvalue weighted by molar-refractivity contribution is 8.01. The normalized spacial score (nSPS) is 11.4. The summed E-state index contributed by atoms with van der Waals surface area (Å²) in [6, 6.07) is 4.61. The van der Waals surface area contributed by atoms with Crippen molar-refractivity contribution < 1.29 is 13.9 Å². The predicted molar refractivity (Wildman–Crippen MR) is 69.5 cm³/mol. The highest BCUT2D eigenvalue weighted by Crippen LogP contribution is 2.26. The Hall–Kier alpha value is -1.03. The first-order valence-corrected chi connectivity index (χ1v) is 6.33. The molecule has 1 aromatic carbocycles. The number of carbonyl (C=O) groups excluding carboxylic acids is 1. The Kier molecular flexibility index (Phi) is 4.57. The van der Waals surface area contributed by atoms with Crippen LogP contribution in [-0.4, -0.2) is 23.4 Å². The lowest BCUT2D eigenvalue weighted by atomic mass is 10.1. The highest BCUT2D eigenvalue weighted by atomic mass is 32.2. The fourth-order valence-corrected chi connectivity index (χ4v) is 1.96. The summed E-state index contributed by atoms with van der Waals surface area (Å²) in [6.45, 7) is 6.06. The monoisotopic (exact) mass is 256 g/mol. The maximum atomic E-state index is 13.8. The molecule has 0 aliphatic heterocycles. The van der Waals surface area contributed by atoms with Gasteiger partial charge in [-0.1, -0.05) is 26.8 Å². The van der Waals surface area contributed by atoms with E-state index in [1.54, 1.807) is 6.07 Å². The van der Waals surface area contributed by atoms with Crippen LogP contribution in [0.3, 0.4) is 0 Å². The van der Waals surface area contributed by atoms with E-state index in [0.717, 1.165) is 0 Å². The summed E-state index contributed by atoms with van der Waals surface area (Å²) in [7, 11) is 1.39. The van der Waals surface area contributed by atoms with E-state index in [0.29, 0.717) is 0 Å².